The summed E-state index contributed by atoms with van der Waals surface area (Å²) < 4.78 is 10.9. The van der Waals surface area contributed by atoms with Gasteiger partial charge in [-0.25, -0.2) is 0 Å². The SMILES string of the molecule is Cl.NCc1ccc(-c2noc(C3CCCCO3)n2)cc1. The van der Waals surface area contributed by atoms with E-state index in [2.05, 4.69) is 10.1 Å². The van der Waals surface area contributed by atoms with Gasteiger partial charge in [0.25, 0.3) is 5.89 Å². The molecule has 1 aliphatic heterocycles. The smallest absolute Gasteiger partial charge is 0.256 e. The van der Waals surface area contributed by atoms with Crippen LogP contribution in [0.15, 0.2) is 28.8 Å². The summed E-state index contributed by atoms with van der Waals surface area (Å²) in [4.78, 5) is 4.43. The molecule has 2 aromatic rings. The maximum Gasteiger partial charge on any atom is 0.256 e. The van der Waals surface area contributed by atoms with Gasteiger partial charge in [0.1, 0.15) is 6.10 Å². The van der Waals surface area contributed by atoms with Crippen molar-refractivity contribution in [2.45, 2.75) is 31.9 Å². The second-order valence-electron chi connectivity index (χ2n) is 4.71. The van der Waals surface area contributed by atoms with Gasteiger partial charge < -0.3 is 15.0 Å². The number of hydrogen-bond acceptors (Lipinski definition) is 5. The first-order chi connectivity index (χ1) is 9.36. The van der Waals surface area contributed by atoms with Gasteiger partial charge in [-0.2, -0.15) is 4.98 Å². The van der Waals surface area contributed by atoms with Crippen LogP contribution in [0.5, 0.6) is 0 Å². The summed E-state index contributed by atoms with van der Waals surface area (Å²) in [6, 6.07) is 7.86. The fourth-order valence-corrected chi connectivity index (χ4v) is 2.21. The van der Waals surface area contributed by atoms with Crippen molar-refractivity contribution in [3.05, 3.63) is 35.7 Å². The van der Waals surface area contributed by atoms with Crippen molar-refractivity contribution in [3.63, 3.8) is 0 Å². The highest BCUT2D eigenvalue weighted by Gasteiger charge is 2.22. The molecule has 3 rings (SSSR count). The van der Waals surface area contributed by atoms with E-state index in [1.807, 2.05) is 24.3 Å². The van der Waals surface area contributed by atoms with Crippen LogP contribution in [0, 0.1) is 0 Å². The summed E-state index contributed by atoms with van der Waals surface area (Å²) in [5.41, 5.74) is 7.59. The van der Waals surface area contributed by atoms with E-state index >= 15 is 0 Å². The maximum absolute atomic E-state index is 5.64. The lowest BCUT2D eigenvalue weighted by Gasteiger charge is -2.18. The van der Waals surface area contributed by atoms with Gasteiger partial charge in [-0.05, 0) is 24.8 Å². The van der Waals surface area contributed by atoms with Crippen molar-refractivity contribution >= 4 is 12.4 Å². The minimum Gasteiger partial charge on any atom is -0.368 e. The summed E-state index contributed by atoms with van der Waals surface area (Å²) in [6.45, 7) is 1.31. The molecule has 2 N–H and O–H groups in total. The van der Waals surface area contributed by atoms with Crippen LogP contribution in [0.2, 0.25) is 0 Å². The lowest BCUT2D eigenvalue weighted by molar-refractivity contribution is -0.00459. The normalized spacial score (nSPS) is 18.6. The van der Waals surface area contributed by atoms with Crippen LogP contribution >= 0.6 is 12.4 Å². The van der Waals surface area contributed by atoms with E-state index in [1.54, 1.807) is 0 Å². The topological polar surface area (TPSA) is 74.2 Å². The van der Waals surface area contributed by atoms with Crippen molar-refractivity contribution in [2.75, 3.05) is 6.61 Å². The minimum absolute atomic E-state index is 0. The number of hydrogen-bond donors (Lipinski definition) is 1. The zero-order chi connectivity index (χ0) is 13.1. The maximum atomic E-state index is 5.64. The van der Waals surface area contributed by atoms with Crippen molar-refractivity contribution in [1.82, 2.24) is 10.1 Å². The second-order valence-corrected chi connectivity index (χ2v) is 4.71. The van der Waals surface area contributed by atoms with E-state index in [1.165, 1.54) is 0 Å². The Kier molecular flexibility index (Phi) is 5.11. The minimum atomic E-state index is -0.0432. The summed E-state index contributed by atoms with van der Waals surface area (Å²) in [7, 11) is 0. The molecule has 1 aliphatic rings. The molecule has 0 spiro atoms. The van der Waals surface area contributed by atoms with Crippen LogP contribution < -0.4 is 5.73 Å². The third kappa shape index (κ3) is 3.17. The predicted octanol–water partition coefficient (Wildman–Crippen LogP) is 2.86. The molecule has 1 atom stereocenters. The molecule has 5 nitrogen and oxygen atoms in total. The third-order valence-electron chi connectivity index (χ3n) is 3.34. The van der Waals surface area contributed by atoms with Crippen molar-refractivity contribution in [3.8, 4) is 11.4 Å². The van der Waals surface area contributed by atoms with Crippen LogP contribution in [0.25, 0.3) is 11.4 Å². The molecule has 108 valence electrons. The molecule has 0 bridgehead atoms. The monoisotopic (exact) mass is 295 g/mol. The zero-order valence-corrected chi connectivity index (χ0v) is 11.9. The molecule has 0 radical (unpaired) electrons. The van der Waals surface area contributed by atoms with Crippen molar-refractivity contribution in [2.24, 2.45) is 5.73 Å². The predicted molar refractivity (Wildman–Crippen MR) is 77.4 cm³/mol. The molecular formula is C14H18ClN3O2. The number of halogens is 1. The Labute approximate surface area is 123 Å². The second kappa shape index (κ2) is 6.83. The Morgan fingerprint density at radius 3 is 2.65 bits per heavy atom. The molecule has 2 heterocycles. The van der Waals surface area contributed by atoms with Gasteiger partial charge >= 0.3 is 0 Å². The lowest BCUT2D eigenvalue weighted by Crippen LogP contribution is -2.11. The van der Waals surface area contributed by atoms with Crippen molar-refractivity contribution in [1.29, 1.82) is 0 Å². The van der Waals surface area contributed by atoms with E-state index in [0.717, 1.165) is 37.0 Å². The Bertz CT molecular complexity index is 536. The third-order valence-corrected chi connectivity index (χ3v) is 3.34. The molecule has 0 amide bonds. The fourth-order valence-electron chi connectivity index (χ4n) is 2.21. The van der Waals surface area contributed by atoms with Gasteiger partial charge in [-0.15, -0.1) is 12.4 Å². The highest BCUT2D eigenvalue weighted by Crippen LogP contribution is 2.28. The van der Waals surface area contributed by atoms with Crippen LogP contribution in [0.3, 0.4) is 0 Å². The Morgan fingerprint density at radius 2 is 2.00 bits per heavy atom. The van der Waals surface area contributed by atoms with Gasteiger partial charge in [-0.1, -0.05) is 29.4 Å². The Balaban J connectivity index is 0.00000147. The highest BCUT2D eigenvalue weighted by atomic mass is 35.5. The fraction of sp³-hybridized carbons (Fsp3) is 0.429. The van der Waals surface area contributed by atoms with Gasteiger partial charge in [0, 0.05) is 18.7 Å². The molecule has 1 aromatic heterocycles. The first-order valence-corrected chi connectivity index (χ1v) is 6.61. The first kappa shape index (κ1) is 15.0. The lowest BCUT2D eigenvalue weighted by atomic mass is 10.1. The number of aromatic nitrogens is 2. The summed E-state index contributed by atoms with van der Waals surface area (Å²) in [5, 5.41) is 4.02. The van der Waals surface area contributed by atoms with Gasteiger partial charge in [0.15, 0.2) is 0 Å². The van der Waals surface area contributed by atoms with Gasteiger partial charge in [0.2, 0.25) is 5.82 Å². The molecular weight excluding hydrogens is 278 g/mol. The molecule has 6 heteroatoms. The first-order valence-electron chi connectivity index (χ1n) is 6.61. The molecule has 1 saturated heterocycles. The molecule has 0 aliphatic carbocycles. The average molecular weight is 296 g/mol. The molecule has 1 fully saturated rings. The number of nitrogens with two attached hydrogens (primary N) is 1. The quantitative estimate of drug-likeness (QED) is 0.942. The molecule has 1 aromatic carbocycles. The average Bonchev–Trinajstić information content (AvgIpc) is 2.98. The molecule has 1 unspecified atom stereocenters. The van der Waals surface area contributed by atoms with Crippen LogP contribution in [0.1, 0.15) is 36.8 Å². The van der Waals surface area contributed by atoms with Crippen LogP contribution in [-0.2, 0) is 11.3 Å². The van der Waals surface area contributed by atoms with Crippen LogP contribution in [0.4, 0.5) is 0 Å². The van der Waals surface area contributed by atoms with Gasteiger partial charge in [0.05, 0.1) is 0 Å². The van der Waals surface area contributed by atoms with Gasteiger partial charge in [-0.3, -0.25) is 0 Å². The van der Waals surface area contributed by atoms with E-state index in [-0.39, 0.29) is 18.5 Å². The van der Waals surface area contributed by atoms with E-state index in [4.69, 9.17) is 15.0 Å². The number of benzene rings is 1. The summed E-state index contributed by atoms with van der Waals surface area (Å²) in [5.74, 6) is 1.19. The number of rotatable bonds is 3. The van der Waals surface area contributed by atoms with E-state index in [9.17, 15) is 0 Å². The standard InChI is InChI=1S/C14H17N3O2.ClH/c15-9-10-4-6-11(7-5-10)13-16-14(19-17-13)12-3-1-2-8-18-12;/h4-7,12H,1-3,8-9,15H2;1H. The molecule has 20 heavy (non-hydrogen) atoms. The highest BCUT2D eigenvalue weighted by molar-refractivity contribution is 5.85. The number of nitrogens with zero attached hydrogens (tertiary/aromatic N) is 2. The summed E-state index contributed by atoms with van der Waals surface area (Å²) >= 11 is 0. The van der Waals surface area contributed by atoms with E-state index in [0.29, 0.717) is 18.3 Å². The molecule has 0 saturated carbocycles. The van der Waals surface area contributed by atoms with Crippen LogP contribution in [-0.4, -0.2) is 16.7 Å². The number of ether oxygens (including phenoxy) is 1. The van der Waals surface area contributed by atoms with Crippen molar-refractivity contribution < 1.29 is 9.26 Å². The zero-order valence-electron chi connectivity index (χ0n) is 11.1. The Morgan fingerprint density at radius 1 is 1.20 bits per heavy atom. The largest absolute Gasteiger partial charge is 0.368 e. The summed E-state index contributed by atoms with van der Waals surface area (Å²) in [6.07, 6.45) is 3.16. The Hall–Kier alpha value is -1.43. The van der Waals surface area contributed by atoms with E-state index < -0.39 is 0 Å².